The number of carbonyl (C=O) groups excluding carboxylic acids is 2. The lowest BCUT2D eigenvalue weighted by Gasteiger charge is -2.23. The normalized spacial score (nSPS) is 16.1. The molecule has 17 nitrogen and oxygen atoms in total. The van der Waals surface area contributed by atoms with Gasteiger partial charge in [0.15, 0.2) is 5.71 Å². The van der Waals surface area contributed by atoms with Gasteiger partial charge in [0.1, 0.15) is 17.9 Å². The van der Waals surface area contributed by atoms with Crippen LogP contribution in [0.3, 0.4) is 0 Å². The van der Waals surface area contributed by atoms with Crippen molar-refractivity contribution < 1.29 is 63.0 Å². The first-order valence-corrected chi connectivity index (χ1v) is 22.6. The molecule has 1 atom stereocenters. The molecule has 296 valence electrons. The molecule has 4 rings (SSSR count). The number of aromatic nitrogens is 1. The van der Waals surface area contributed by atoms with Crippen molar-refractivity contribution in [2.75, 3.05) is 36.9 Å². The third-order valence-electron chi connectivity index (χ3n) is 9.23. The van der Waals surface area contributed by atoms with Crippen LogP contribution in [0.2, 0.25) is 0 Å². The van der Waals surface area contributed by atoms with Crippen molar-refractivity contribution in [3.63, 3.8) is 0 Å². The molecular weight excluding hydrogens is 789 g/mol. The topological polar surface area (TPSA) is 277 Å². The number of fused-ring (bicyclic) bond motifs is 3. The zero-order valence-electron chi connectivity index (χ0n) is 29.5. The van der Waals surface area contributed by atoms with E-state index in [4.69, 9.17) is 9.66 Å². The maximum atomic E-state index is 13.4. The van der Waals surface area contributed by atoms with Crippen molar-refractivity contribution in [3.05, 3.63) is 46.6 Å². The fourth-order valence-electron chi connectivity index (χ4n) is 6.49. The highest BCUT2D eigenvalue weighted by molar-refractivity contribution is 7.86. The molecule has 21 heteroatoms. The molecule has 2 aromatic heterocycles. The summed E-state index contributed by atoms with van der Waals surface area (Å²) in [7, 11) is -13.2. The van der Waals surface area contributed by atoms with Gasteiger partial charge in [-0.05, 0) is 67.8 Å². The van der Waals surface area contributed by atoms with E-state index in [2.05, 4.69) is 15.6 Å². The first-order valence-electron chi connectivity index (χ1n) is 16.9. The van der Waals surface area contributed by atoms with Crippen LogP contribution in [0.1, 0.15) is 85.3 Å². The molecule has 0 bridgehead atoms. The van der Waals surface area contributed by atoms with Crippen LogP contribution in [0.25, 0.3) is 21.2 Å². The third-order valence-corrected chi connectivity index (χ3v) is 12.5. The Bertz CT molecular complexity index is 2300. The van der Waals surface area contributed by atoms with Gasteiger partial charge in [-0.15, -0.1) is 11.3 Å². The third kappa shape index (κ3) is 11.3. The zero-order chi connectivity index (χ0) is 40.1. The molecular formula is C33H42N4O13S4. The van der Waals surface area contributed by atoms with Gasteiger partial charge in [-0.1, -0.05) is 6.42 Å². The number of rotatable bonds is 20. The molecule has 0 spiro atoms. The molecule has 0 aliphatic carbocycles. The smallest absolute Gasteiger partial charge is 0.303 e. The van der Waals surface area contributed by atoms with E-state index in [1.807, 2.05) is 35.9 Å². The number of aliphatic carboxylic acids is 1. The minimum absolute atomic E-state index is 0.00946. The maximum absolute atomic E-state index is 13.4. The highest BCUT2D eigenvalue weighted by Gasteiger charge is 2.47. The SMILES string of the molecule is CC1=[N+](CCCS(=O)(=O)[O-])c2c(cc(-c3cc(C(=O)NCCCCCC(=O)O)nc(C(=O)NCCS(=O)(=O)O)c3)c3sccc23)C1(C)CCCS(=O)(=O)O. The number of nitrogens with zero attached hydrogens (tertiary/aromatic N) is 2. The van der Waals surface area contributed by atoms with Gasteiger partial charge in [0.25, 0.3) is 32.1 Å². The second kappa shape index (κ2) is 17.3. The molecule has 54 heavy (non-hydrogen) atoms. The molecule has 3 heterocycles. The van der Waals surface area contributed by atoms with Gasteiger partial charge in [0, 0.05) is 54.4 Å². The van der Waals surface area contributed by atoms with Gasteiger partial charge in [-0.2, -0.15) is 21.4 Å². The molecule has 5 N–H and O–H groups in total. The Morgan fingerprint density at radius 1 is 0.870 bits per heavy atom. The largest absolute Gasteiger partial charge is 0.748 e. The maximum Gasteiger partial charge on any atom is 0.303 e. The van der Waals surface area contributed by atoms with E-state index in [0.29, 0.717) is 46.3 Å². The molecule has 1 unspecified atom stereocenters. The lowest BCUT2D eigenvalue weighted by Crippen LogP contribution is -2.31. The number of hydrogen-bond donors (Lipinski definition) is 5. The number of nitrogens with one attached hydrogen (secondary N) is 2. The van der Waals surface area contributed by atoms with E-state index in [1.165, 1.54) is 23.5 Å². The van der Waals surface area contributed by atoms with E-state index in [9.17, 15) is 48.7 Å². The summed E-state index contributed by atoms with van der Waals surface area (Å²) in [6.45, 7) is 3.60. The second-order valence-corrected chi connectivity index (χ2v) is 18.8. The van der Waals surface area contributed by atoms with Crippen LogP contribution in [-0.4, -0.2) is 114 Å². The van der Waals surface area contributed by atoms with Crippen molar-refractivity contribution >= 4 is 81.0 Å². The number of carbonyl (C=O) groups is 3. The number of carboxylic acid groups (broad SMARTS) is 1. The van der Waals surface area contributed by atoms with Crippen LogP contribution >= 0.6 is 11.3 Å². The van der Waals surface area contributed by atoms with Gasteiger partial charge >= 0.3 is 5.97 Å². The summed E-state index contributed by atoms with van der Waals surface area (Å²) in [5, 5.41) is 16.5. The number of benzene rings is 1. The predicted molar refractivity (Wildman–Crippen MR) is 200 cm³/mol. The van der Waals surface area contributed by atoms with Crippen LogP contribution in [0.15, 0.2) is 29.6 Å². The van der Waals surface area contributed by atoms with Crippen LogP contribution in [0.4, 0.5) is 5.69 Å². The van der Waals surface area contributed by atoms with Gasteiger partial charge in [-0.3, -0.25) is 23.5 Å². The van der Waals surface area contributed by atoms with Crippen LogP contribution in [0, 0.1) is 0 Å². The number of carboxylic acids is 1. The summed E-state index contributed by atoms with van der Waals surface area (Å²) >= 11 is 1.34. The minimum atomic E-state index is -4.51. The van der Waals surface area contributed by atoms with E-state index < -0.39 is 77.4 Å². The fourth-order valence-corrected chi connectivity index (χ4v) is 8.78. The number of amides is 2. The zero-order valence-corrected chi connectivity index (χ0v) is 32.8. The van der Waals surface area contributed by atoms with E-state index in [0.717, 1.165) is 11.1 Å². The number of unbranched alkanes of at least 4 members (excludes halogenated alkanes) is 2. The number of hydrogen-bond acceptors (Lipinski definition) is 12. The standard InChI is InChI=1S/C33H42N4O13S4/c1-21-33(2,10-6-15-52(42,43)44)25-20-24(30-23(9-14-51-30)29(25)37(21)13-7-16-53(45,46)47)22-18-26(31(40)34-11-5-3-4-8-28(38)39)36-27(19-22)32(41)35-12-17-54(48,49)50/h9,14,18-20H,3-8,10-13,15-17H2,1-2H3,(H5-,34,35,38,39,40,41,42,43,44,45,46,47,48,49,50). The van der Waals surface area contributed by atoms with Crippen molar-refractivity contribution in [1.82, 2.24) is 15.6 Å². The summed E-state index contributed by atoms with van der Waals surface area (Å²) in [6, 6.07) is 6.59. The summed E-state index contributed by atoms with van der Waals surface area (Å²) in [4.78, 5) is 41.7. The van der Waals surface area contributed by atoms with Crippen molar-refractivity contribution in [2.24, 2.45) is 0 Å². The Morgan fingerprint density at radius 3 is 2.09 bits per heavy atom. The lowest BCUT2D eigenvalue weighted by molar-refractivity contribution is -0.437. The Hall–Kier alpha value is -3.86. The molecule has 0 radical (unpaired) electrons. The molecule has 2 amide bonds. The van der Waals surface area contributed by atoms with Gasteiger partial charge in [0.05, 0.1) is 32.4 Å². The predicted octanol–water partition coefficient (Wildman–Crippen LogP) is 2.94. The molecule has 1 aromatic carbocycles. The first kappa shape index (κ1) is 42.9. The van der Waals surface area contributed by atoms with E-state index in [-0.39, 0.29) is 50.2 Å². The van der Waals surface area contributed by atoms with Crippen LogP contribution in [-0.2, 0) is 40.6 Å². The molecule has 3 aromatic rings. The number of thiophene rings is 1. The average Bonchev–Trinajstić information content (AvgIpc) is 3.62. The quantitative estimate of drug-likeness (QED) is 0.0622. The summed E-state index contributed by atoms with van der Waals surface area (Å²) < 4.78 is 101. The van der Waals surface area contributed by atoms with Crippen molar-refractivity contribution in [2.45, 2.75) is 64.2 Å². The van der Waals surface area contributed by atoms with E-state index >= 15 is 0 Å². The Morgan fingerprint density at radius 2 is 1.50 bits per heavy atom. The monoisotopic (exact) mass is 830 g/mol. The molecule has 1 aliphatic heterocycles. The molecule has 0 saturated carbocycles. The molecule has 0 fully saturated rings. The summed E-state index contributed by atoms with van der Waals surface area (Å²) in [5.41, 5.74) is 1.87. The van der Waals surface area contributed by atoms with Crippen molar-refractivity contribution in [1.29, 1.82) is 0 Å². The number of pyridine rings is 1. The fraction of sp³-hybridized carbons (Fsp3) is 0.485. The average molecular weight is 831 g/mol. The highest BCUT2D eigenvalue weighted by Crippen LogP contribution is 2.50. The Balaban J connectivity index is 1.83. The minimum Gasteiger partial charge on any atom is -0.748 e. The first-order chi connectivity index (χ1) is 25.1. The molecule has 0 saturated heterocycles. The van der Waals surface area contributed by atoms with Gasteiger partial charge in [0.2, 0.25) is 5.69 Å². The van der Waals surface area contributed by atoms with Gasteiger partial charge in [-0.25, -0.2) is 13.4 Å². The van der Waals surface area contributed by atoms with E-state index in [1.54, 1.807) is 0 Å². The van der Waals surface area contributed by atoms with Gasteiger partial charge < -0.3 is 20.3 Å². The van der Waals surface area contributed by atoms with Crippen LogP contribution in [0.5, 0.6) is 0 Å². The van der Waals surface area contributed by atoms with Crippen molar-refractivity contribution in [3.8, 4) is 11.1 Å². The Labute approximate surface area is 317 Å². The summed E-state index contributed by atoms with van der Waals surface area (Å²) in [5.74, 6) is -4.27. The Kier molecular flexibility index (Phi) is 13.7. The highest BCUT2D eigenvalue weighted by atomic mass is 32.2. The van der Waals surface area contributed by atoms with Crippen LogP contribution < -0.4 is 10.6 Å². The summed E-state index contributed by atoms with van der Waals surface area (Å²) in [6.07, 6.45) is 1.74. The second-order valence-electron chi connectivity index (χ2n) is 13.2. The lowest BCUT2D eigenvalue weighted by atomic mass is 9.75. The molecule has 1 aliphatic rings.